The van der Waals surface area contributed by atoms with Crippen LogP contribution in [0.3, 0.4) is 0 Å². The lowest BCUT2D eigenvalue weighted by molar-refractivity contribution is -0.307. The monoisotopic (exact) mass is 390 g/mol. The second kappa shape index (κ2) is 6.60. The van der Waals surface area contributed by atoms with Gasteiger partial charge in [-0.15, -0.1) is 0 Å². The third-order valence-corrected chi connectivity index (χ3v) is 6.23. The van der Waals surface area contributed by atoms with E-state index in [0.717, 1.165) is 50.2 Å². The number of rotatable bonds is 2. The first kappa shape index (κ1) is 19.0. The molecule has 0 radical (unpaired) electrons. The molecule has 4 fully saturated rings. The molecular weight excluding hydrogens is 360 g/mol. The molecule has 4 heterocycles. The maximum atomic E-state index is 12.4. The second-order valence-electron chi connectivity index (χ2n) is 7.96. The minimum absolute atomic E-state index is 0.422. The van der Waals surface area contributed by atoms with Gasteiger partial charge in [0.2, 0.25) is 0 Å². The van der Waals surface area contributed by atoms with Crippen LogP contribution in [0.25, 0.3) is 0 Å². The fraction of sp³-hybridized carbons (Fsp3) is 0.700. The van der Waals surface area contributed by atoms with Gasteiger partial charge in [-0.2, -0.15) is 0 Å². The number of esters is 2. The molecule has 0 N–H and O–H groups in total. The topological polar surface area (TPSA) is 65.6 Å². The molecule has 0 aromatic heterocycles. The van der Waals surface area contributed by atoms with Crippen molar-refractivity contribution in [3.63, 3.8) is 0 Å². The standard InChI is InChI=1S/C20H30N4O4/c1-15-21-11-7-5-8-12-22(15)20(28-18(4)26)19(21,27-17(3)25)23-13-9-6-10-14-24(20)16(23)2/h1-2,5-14H2,3-4H3. The van der Waals surface area contributed by atoms with Gasteiger partial charge in [0.25, 0.3) is 0 Å². The smallest absolute Gasteiger partial charge is 0.352 e. The molecule has 0 atom stereocenters. The molecule has 0 unspecified atom stereocenters. The van der Waals surface area contributed by atoms with Crippen molar-refractivity contribution in [3.8, 4) is 0 Å². The molecule has 4 bridgehead atoms. The molecule has 4 saturated heterocycles. The first-order chi connectivity index (χ1) is 13.4. The normalized spacial score (nSPS) is 32.4. The van der Waals surface area contributed by atoms with Crippen LogP contribution in [0.1, 0.15) is 52.4 Å². The molecule has 0 aliphatic carbocycles. The maximum absolute atomic E-state index is 12.4. The summed E-state index contributed by atoms with van der Waals surface area (Å²) in [5.74, 6) is -2.01. The fourth-order valence-electron chi connectivity index (χ4n) is 5.30. The summed E-state index contributed by atoms with van der Waals surface area (Å²) in [5.41, 5.74) is 0. The maximum Gasteiger partial charge on any atom is 0.352 e. The van der Waals surface area contributed by atoms with Gasteiger partial charge < -0.3 is 9.47 Å². The van der Waals surface area contributed by atoms with Crippen molar-refractivity contribution in [2.45, 2.75) is 64.1 Å². The van der Waals surface area contributed by atoms with E-state index < -0.39 is 23.6 Å². The molecule has 0 aromatic carbocycles. The van der Waals surface area contributed by atoms with E-state index in [4.69, 9.17) is 9.47 Å². The van der Waals surface area contributed by atoms with Crippen molar-refractivity contribution in [3.05, 3.63) is 24.8 Å². The molecule has 8 nitrogen and oxygen atoms in total. The van der Waals surface area contributed by atoms with E-state index in [0.29, 0.717) is 26.2 Å². The predicted octanol–water partition coefficient (Wildman–Crippen LogP) is 1.97. The quantitative estimate of drug-likeness (QED) is 0.663. The van der Waals surface area contributed by atoms with E-state index in [9.17, 15) is 9.59 Å². The molecule has 4 aliphatic heterocycles. The summed E-state index contributed by atoms with van der Waals surface area (Å²) in [5, 5.41) is 0. The highest BCUT2D eigenvalue weighted by Crippen LogP contribution is 2.58. The Kier molecular flexibility index (Phi) is 4.47. The van der Waals surface area contributed by atoms with Crippen LogP contribution in [0.15, 0.2) is 24.8 Å². The van der Waals surface area contributed by atoms with Gasteiger partial charge in [0.1, 0.15) is 11.6 Å². The minimum Gasteiger partial charge on any atom is -0.412 e. The van der Waals surface area contributed by atoms with E-state index in [1.165, 1.54) is 13.8 Å². The molecule has 28 heavy (non-hydrogen) atoms. The van der Waals surface area contributed by atoms with Crippen molar-refractivity contribution in [1.29, 1.82) is 0 Å². The van der Waals surface area contributed by atoms with E-state index in [-0.39, 0.29) is 0 Å². The molecular formula is C20H30N4O4. The lowest BCUT2D eigenvalue weighted by atomic mass is 10.2. The van der Waals surface area contributed by atoms with Gasteiger partial charge >= 0.3 is 23.6 Å². The Hall–Kier alpha value is -2.38. The van der Waals surface area contributed by atoms with Gasteiger partial charge in [-0.25, -0.2) is 0 Å². The lowest BCUT2D eigenvalue weighted by Gasteiger charge is -2.46. The average Bonchev–Trinajstić information content (AvgIpc) is 2.92. The zero-order valence-corrected chi connectivity index (χ0v) is 16.9. The summed E-state index contributed by atoms with van der Waals surface area (Å²) < 4.78 is 12.3. The first-order valence-corrected chi connectivity index (χ1v) is 10.2. The number of carbonyl (C=O) groups excluding carboxylic acids is 2. The largest absolute Gasteiger partial charge is 0.412 e. The summed E-state index contributed by atoms with van der Waals surface area (Å²) in [4.78, 5) is 32.9. The SMILES string of the molecule is C=C1N2CCCCCN1C1(OC(C)=O)N3CCCCCN(C3=C)C21OC(C)=O. The number of hydrogen-bond donors (Lipinski definition) is 0. The van der Waals surface area contributed by atoms with E-state index in [1.54, 1.807) is 0 Å². The van der Waals surface area contributed by atoms with Crippen LogP contribution in [-0.4, -0.2) is 69.4 Å². The number of fused-ring (bicyclic) bond motifs is 9. The van der Waals surface area contributed by atoms with Gasteiger partial charge in [0.05, 0.1) is 0 Å². The summed E-state index contributed by atoms with van der Waals surface area (Å²) in [6.07, 6.45) is 5.90. The molecule has 0 aromatic rings. The lowest BCUT2D eigenvalue weighted by Crippen LogP contribution is -2.71. The predicted molar refractivity (Wildman–Crippen MR) is 102 cm³/mol. The molecule has 4 rings (SSSR count). The van der Waals surface area contributed by atoms with E-state index >= 15 is 0 Å². The van der Waals surface area contributed by atoms with Crippen LogP contribution in [0.2, 0.25) is 0 Å². The Bertz CT molecular complexity index is 629. The van der Waals surface area contributed by atoms with Crippen LogP contribution in [-0.2, 0) is 19.1 Å². The van der Waals surface area contributed by atoms with E-state index in [1.807, 2.05) is 19.6 Å². The summed E-state index contributed by atoms with van der Waals surface area (Å²) in [7, 11) is 0. The summed E-state index contributed by atoms with van der Waals surface area (Å²) in [6.45, 7) is 14.1. The minimum atomic E-state index is -1.31. The number of hydrogen-bond acceptors (Lipinski definition) is 8. The third kappa shape index (κ3) is 2.29. The molecule has 0 spiro atoms. The van der Waals surface area contributed by atoms with Crippen molar-refractivity contribution < 1.29 is 19.1 Å². The van der Waals surface area contributed by atoms with Gasteiger partial charge in [-0.1, -0.05) is 13.2 Å². The number of nitrogens with zero attached hydrogens (tertiary/aromatic N) is 4. The van der Waals surface area contributed by atoms with Gasteiger partial charge in [0.15, 0.2) is 0 Å². The van der Waals surface area contributed by atoms with Crippen molar-refractivity contribution in [1.82, 2.24) is 19.6 Å². The Morgan fingerprint density at radius 1 is 0.679 bits per heavy atom. The molecule has 154 valence electrons. The number of ether oxygens (including phenoxy) is 2. The van der Waals surface area contributed by atoms with Crippen molar-refractivity contribution >= 4 is 11.9 Å². The second-order valence-corrected chi connectivity index (χ2v) is 7.96. The highest BCUT2D eigenvalue weighted by molar-refractivity contribution is 5.69. The highest BCUT2D eigenvalue weighted by atomic mass is 16.7. The zero-order chi connectivity index (χ0) is 20.1. The Labute approximate surface area is 166 Å². The van der Waals surface area contributed by atoms with Gasteiger partial charge in [-0.05, 0) is 38.5 Å². The van der Waals surface area contributed by atoms with Crippen LogP contribution >= 0.6 is 0 Å². The summed E-state index contributed by atoms with van der Waals surface area (Å²) in [6, 6.07) is 0. The zero-order valence-electron chi connectivity index (χ0n) is 16.9. The molecule has 0 amide bonds. The first-order valence-electron chi connectivity index (χ1n) is 10.2. The fourth-order valence-corrected chi connectivity index (χ4v) is 5.30. The van der Waals surface area contributed by atoms with Gasteiger partial charge in [-0.3, -0.25) is 29.2 Å². The molecule has 8 heteroatoms. The highest BCUT2D eigenvalue weighted by Gasteiger charge is 2.81. The Morgan fingerprint density at radius 3 is 1.21 bits per heavy atom. The van der Waals surface area contributed by atoms with Crippen molar-refractivity contribution in [2.75, 3.05) is 26.2 Å². The third-order valence-electron chi connectivity index (χ3n) is 6.23. The average molecular weight is 390 g/mol. The molecule has 4 aliphatic rings. The van der Waals surface area contributed by atoms with Crippen molar-refractivity contribution in [2.24, 2.45) is 0 Å². The van der Waals surface area contributed by atoms with Gasteiger partial charge in [0, 0.05) is 40.0 Å². The Morgan fingerprint density at radius 2 is 0.964 bits per heavy atom. The Balaban J connectivity index is 2.01. The van der Waals surface area contributed by atoms with Crippen LogP contribution in [0, 0.1) is 0 Å². The van der Waals surface area contributed by atoms with Crippen LogP contribution in [0.4, 0.5) is 0 Å². The van der Waals surface area contributed by atoms with Crippen LogP contribution < -0.4 is 0 Å². The van der Waals surface area contributed by atoms with Crippen LogP contribution in [0.5, 0.6) is 0 Å². The molecule has 0 saturated carbocycles. The van der Waals surface area contributed by atoms with E-state index in [2.05, 4.69) is 13.2 Å². The number of carbonyl (C=O) groups is 2. The summed E-state index contributed by atoms with van der Waals surface area (Å²) >= 11 is 0.